The largest absolute Gasteiger partial charge is 0.497 e. The molecule has 0 radical (unpaired) electrons. The summed E-state index contributed by atoms with van der Waals surface area (Å²) in [7, 11) is 1.63. The van der Waals surface area contributed by atoms with E-state index in [1.807, 2.05) is 56.3 Å². The number of pyridine rings is 1. The summed E-state index contributed by atoms with van der Waals surface area (Å²) < 4.78 is 11.2. The highest BCUT2D eigenvalue weighted by atomic mass is 32.2. The molecule has 8 nitrogen and oxygen atoms in total. The van der Waals surface area contributed by atoms with Gasteiger partial charge in [-0.3, -0.25) is 9.69 Å². The molecule has 2 N–H and O–H groups in total. The molecule has 1 atom stereocenters. The minimum atomic E-state index is -0.670. The number of benzene rings is 2. The number of ether oxygens (including phenoxy) is 2. The molecule has 1 aliphatic rings. The molecule has 0 bridgehead atoms. The number of piperazine rings is 1. The second kappa shape index (κ2) is 13.5. The van der Waals surface area contributed by atoms with E-state index in [-0.39, 0.29) is 18.6 Å². The summed E-state index contributed by atoms with van der Waals surface area (Å²) in [4.78, 5) is 22.8. The van der Waals surface area contributed by atoms with Gasteiger partial charge in [-0.25, -0.2) is 4.98 Å². The number of aliphatic hydroxyl groups is 1. The van der Waals surface area contributed by atoms with Gasteiger partial charge in [0, 0.05) is 50.4 Å². The summed E-state index contributed by atoms with van der Waals surface area (Å²) in [6.45, 7) is 8.08. The van der Waals surface area contributed by atoms with E-state index in [0.717, 1.165) is 48.3 Å². The number of methoxy groups -OCH3 is 1. The van der Waals surface area contributed by atoms with Gasteiger partial charge in [-0.2, -0.15) is 0 Å². The molecule has 1 fully saturated rings. The normalized spacial score (nSPS) is 14.8. The maximum Gasteiger partial charge on any atom is 0.254 e. The minimum Gasteiger partial charge on any atom is -0.497 e. The SMILES string of the molecule is COc1ccc(Sc2ncccc2C(=O)NCC(O)CN2CCN(c3ccccc3OC(C)C)CC2)cc1. The predicted molar refractivity (Wildman–Crippen MR) is 151 cm³/mol. The first-order chi connectivity index (χ1) is 18.4. The molecule has 1 unspecified atom stereocenters. The van der Waals surface area contributed by atoms with Gasteiger partial charge in [-0.1, -0.05) is 23.9 Å². The lowest BCUT2D eigenvalue weighted by molar-refractivity contribution is 0.0848. The van der Waals surface area contributed by atoms with E-state index >= 15 is 0 Å². The van der Waals surface area contributed by atoms with Crippen LogP contribution in [0.3, 0.4) is 0 Å². The molecule has 2 aromatic carbocycles. The highest BCUT2D eigenvalue weighted by Gasteiger charge is 2.22. The number of nitrogens with zero attached hydrogens (tertiary/aromatic N) is 3. The number of hydrogen-bond donors (Lipinski definition) is 2. The van der Waals surface area contributed by atoms with Gasteiger partial charge in [0.1, 0.15) is 16.5 Å². The Morgan fingerprint density at radius 2 is 1.79 bits per heavy atom. The van der Waals surface area contributed by atoms with Crippen LogP contribution in [0.25, 0.3) is 0 Å². The average Bonchev–Trinajstić information content (AvgIpc) is 2.93. The standard InChI is InChI=1S/C29H36N4O4S/c1-21(2)37-27-9-5-4-8-26(27)33-17-15-32(16-18-33)20-22(34)19-31-28(35)25-7-6-14-30-29(25)38-24-12-10-23(36-3)11-13-24/h4-14,21-22,34H,15-20H2,1-3H3,(H,31,35). The number of amides is 1. The van der Waals surface area contributed by atoms with Crippen molar-refractivity contribution in [3.8, 4) is 11.5 Å². The lowest BCUT2D eigenvalue weighted by Gasteiger charge is -2.37. The molecule has 9 heteroatoms. The Labute approximate surface area is 229 Å². The molecule has 1 saturated heterocycles. The average molecular weight is 537 g/mol. The minimum absolute atomic E-state index is 0.117. The summed E-state index contributed by atoms with van der Waals surface area (Å²) in [5.74, 6) is 1.42. The molecule has 1 amide bonds. The van der Waals surface area contributed by atoms with Crippen LogP contribution in [-0.4, -0.2) is 79.5 Å². The van der Waals surface area contributed by atoms with Crippen LogP contribution in [0.5, 0.6) is 11.5 Å². The van der Waals surface area contributed by atoms with Gasteiger partial charge in [0.05, 0.1) is 30.6 Å². The second-order valence-corrected chi connectivity index (χ2v) is 10.5. The fourth-order valence-corrected chi connectivity index (χ4v) is 5.19. The Morgan fingerprint density at radius 1 is 1.05 bits per heavy atom. The molecule has 4 rings (SSSR count). The van der Waals surface area contributed by atoms with E-state index in [0.29, 0.717) is 17.1 Å². The van der Waals surface area contributed by atoms with Crippen molar-refractivity contribution in [1.82, 2.24) is 15.2 Å². The molecule has 2 heterocycles. The fraction of sp³-hybridized carbons (Fsp3) is 0.379. The van der Waals surface area contributed by atoms with E-state index < -0.39 is 6.10 Å². The van der Waals surface area contributed by atoms with Gasteiger partial charge in [0.2, 0.25) is 0 Å². The Hall–Kier alpha value is -3.27. The maximum atomic E-state index is 12.9. The van der Waals surface area contributed by atoms with Crippen LogP contribution in [-0.2, 0) is 0 Å². The van der Waals surface area contributed by atoms with Crippen LogP contribution in [0.1, 0.15) is 24.2 Å². The van der Waals surface area contributed by atoms with Gasteiger partial charge in [-0.15, -0.1) is 0 Å². The van der Waals surface area contributed by atoms with Crippen molar-refractivity contribution in [2.75, 3.05) is 51.3 Å². The quantitative estimate of drug-likeness (QED) is 0.381. The smallest absolute Gasteiger partial charge is 0.254 e. The molecule has 0 spiro atoms. The van der Waals surface area contributed by atoms with Crippen LogP contribution < -0.4 is 19.7 Å². The molecule has 0 aliphatic carbocycles. The molecule has 3 aromatic rings. The Kier molecular flexibility index (Phi) is 9.86. The molecule has 1 aromatic heterocycles. The van der Waals surface area contributed by atoms with Crippen molar-refractivity contribution in [3.63, 3.8) is 0 Å². The fourth-order valence-electron chi connectivity index (χ4n) is 4.31. The van der Waals surface area contributed by atoms with Crippen molar-refractivity contribution < 1.29 is 19.4 Å². The predicted octanol–water partition coefficient (Wildman–Crippen LogP) is 3.94. The monoisotopic (exact) mass is 536 g/mol. The lowest BCUT2D eigenvalue weighted by Crippen LogP contribution is -2.50. The van der Waals surface area contributed by atoms with E-state index in [1.54, 1.807) is 25.4 Å². The second-order valence-electron chi connectivity index (χ2n) is 9.42. The molecule has 0 saturated carbocycles. The van der Waals surface area contributed by atoms with Crippen molar-refractivity contribution in [2.45, 2.75) is 36.0 Å². The zero-order chi connectivity index (χ0) is 26.9. The third-order valence-electron chi connectivity index (χ3n) is 6.20. The van der Waals surface area contributed by atoms with Crippen molar-refractivity contribution >= 4 is 23.4 Å². The Bertz CT molecular complexity index is 1180. The van der Waals surface area contributed by atoms with Crippen LogP contribution in [0.4, 0.5) is 5.69 Å². The number of anilines is 1. The molecule has 202 valence electrons. The van der Waals surface area contributed by atoms with Gasteiger partial charge in [-0.05, 0) is 62.4 Å². The summed E-state index contributed by atoms with van der Waals surface area (Å²) >= 11 is 1.42. The topological polar surface area (TPSA) is 87.2 Å². The third-order valence-corrected chi connectivity index (χ3v) is 7.22. The summed E-state index contributed by atoms with van der Waals surface area (Å²) in [5, 5.41) is 14.1. The highest BCUT2D eigenvalue weighted by molar-refractivity contribution is 7.99. The highest BCUT2D eigenvalue weighted by Crippen LogP contribution is 2.31. The number of rotatable bonds is 11. The number of carbonyl (C=O) groups excluding carboxylic acids is 1. The van der Waals surface area contributed by atoms with Crippen molar-refractivity contribution in [2.24, 2.45) is 0 Å². The van der Waals surface area contributed by atoms with Gasteiger partial charge < -0.3 is 24.8 Å². The zero-order valence-electron chi connectivity index (χ0n) is 22.2. The van der Waals surface area contributed by atoms with E-state index in [4.69, 9.17) is 9.47 Å². The van der Waals surface area contributed by atoms with Crippen LogP contribution in [0.15, 0.2) is 76.8 Å². The molecule has 1 aliphatic heterocycles. The van der Waals surface area contributed by atoms with Gasteiger partial charge in [0.25, 0.3) is 5.91 Å². The van der Waals surface area contributed by atoms with E-state index in [9.17, 15) is 9.90 Å². The number of aromatic nitrogens is 1. The first-order valence-corrected chi connectivity index (χ1v) is 13.7. The summed E-state index contributed by atoms with van der Waals surface area (Å²) in [5.41, 5.74) is 1.59. The first-order valence-electron chi connectivity index (χ1n) is 12.9. The number of aliphatic hydroxyl groups excluding tert-OH is 1. The summed E-state index contributed by atoms with van der Waals surface area (Å²) in [6.07, 6.45) is 1.12. The molecule has 38 heavy (non-hydrogen) atoms. The first kappa shape index (κ1) is 27.8. The van der Waals surface area contributed by atoms with Crippen molar-refractivity contribution in [1.29, 1.82) is 0 Å². The summed E-state index contributed by atoms with van der Waals surface area (Å²) in [6, 6.07) is 19.2. The number of hydrogen-bond acceptors (Lipinski definition) is 8. The van der Waals surface area contributed by atoms with Gasteiger partial charge in [0.15, 0.2) is 0 Å². The van der Waals surface area contributed by atoms with Crippen LogP contribution in [0, 0.1) is 0 Å². The van der Waals surface area contributed by atoms with Crippen molar-refractivity contribution in [3.05, 3.63) is 72.4 Å². The van der Waals surface area contributed by atoms with E-state index in [2.05, 4.69) is 26.2 Å². The maximum absolute atomic E-state index is 12.9. The molecular weight excluding hydrogens is 500 g/mol. The third kappa shape index (κ3) is 7.63. The number of para-hydroxylation sites is 2. The number of β-amino-alcohol motifs (C(OH)–C–C–N with tert-alkyl or cyclic N) is 1. The molecular formula is C29H36N4O4S. The van der Waals surface area contributed by atoms with Crippen LogP contribution >= 0.6 is 11.8 Å². The number of nitrogens with one attached hydrogen (secondary N) is 1. The Balaban J connectivity index is 1.26. The Morgan fingerprint density at radius 3 is 2.50 bits per heavy atom. The van der Waals surface area contributed by atoms with Gasteiger partial charge >= 0.3 is 0 Å². The van der Waals surface area contributed by atoms with Crippen LogP contribution in [0.2, 0.25) is 0 Å². The number of carbonyl (C=O) groups is 1. The lowest BCUT2D eigenvalue weighted by atomic mass is 10.2. The zero-order valence-corrected chi connectivity index (χ0v) is 23.0. The van der Waals surface area contributed by atoms with E-state index in [1.165, 1.54) is 11.8 Å².